The molecule has 2 heterocycles. The largest absolute Gasteiger partial charge is 0.417 e. The number of aliphatic hydroxyl groups excluding tert-OH is 2. The molecule has 1 atom stereocenters. The Kier molecular flexibility index (Phi) is 7.18. The molecule has 12 heteroatoms. The highest BCUT2D eigenvalue weighted by Gasteiger charge is 2.40. The van der Waals surface area contributed by atoms with Gasteiger partial charge >= 0.3 is 12.2 Å². The van der Waals surface area contributed by atoms with Gasteiger partial charge in [0.1, 0.15) is 6.10 Å². The summed E-state index contributed by atoms with van der Waals surface area (Å²) in [6.07, 6.45) is -4.92. The summed E-state index contributed by atoms with van der Waals surface area (Å²) in [4.78, 5) is 17.7. The first kappa shape index (κ1) is 24.5. The Morgan fingerprint density at radius 3 is 2.44 bits per heavy atom. The second kappa shape index (κ2) is 9.38. The van der Waals surface area contributed by atoms with Crippen LogP contribution < -0.4 is 5.32 Å². The first-order valence-corrected chi connectivity index (χ1v) is 10.3. The molecule has 1 saturated heterocycles. The minimum Gasteiger partial charge on any atom is -0.393 e. The van der Waals surface area contributed by atoms with Gasteiger partial charge < -0.3 is 20.4 Å². The SMILES string of the molecule is O=C(Nc1ccc(Cl)c(C(F)(F)F)c1)N1CCC(F)(c2ncc([C@H](O)CO)cc2Cl)CC1. The highest BCUT2D eigenvalue weighted by atomic mass is 35.5. The molecule has 174 valence electrons. The lowest BCUT2D eigenvalue weighted by atomic mass is 9.89. The lowest BCUT2D eigenvalue weighted by molar-refractivity contribution is -0.137. The second-order valence-corrected chi connectivity index (χ2v) is 8.19. The van der Waals surface area contributed by atoms with Crippen LogP contribution in [-0.4, -0.2) is 45.8 Å². The number of anilines is 1. The number of hydrogen-bond donors (Lipinski definition) is 3. The molecular formula is C20H19Cl2F4N3O3. The zero-order chi connectivity index (χ0) is 23.7. The number of likely N-dealkylation sites (tertiary alicyclic amines) is 1. The van der Waals surface area contributed by atoms with Crippen LogP contribution in [0.25, 0.3) is 0 Å². The van der Waals surface area contributed by atoms with Crippen LogP contribution >= 0.6 is 23.2 Å². The minimum absolute atomic E-state index is 0.0174. The van der Waals surface area contributed by atoms with Gasteiger partial charge in [-0.2, -0.15) is 13.2 Å². The van der Waals surface area contributed by atoms with Gasteiger partial charge in [-0.1, -0.05) is 23.2 Å². The lowest BCUT2D eigenvalue weighted by Gasteiger charge is -2.36. The summed E-state index contributed by atoms with van der Waals surface area (Å²) in [5, 5.41) is 20.5. The molecule has 0 bridgehead atoms. The number of piperidine rings is 1. The van der Waals surface area contributed by atoms with Gasteiger partial charge in [-0.15, -0.1) is 0 Å². The van der Waals surface area contributed by atoms with Crippen molar-refractivity contribution in [2.45, 2.75) is 30.8 Å². The molecule has 2 amide bonds. The van der Waals surface area contributed by atoms with Gasteiger partial charge in [-0.3, -0.25) is 4.98 Å². The van der Waals surface area contributed by atoms with E-state index in [1.54, 1.807) is 0 Å². The van der Waals surface area contributed by atoms with E-state index in [1.807, 2.05) is 0 Å². The number of alkyl halides is 4. The van der Waals surface area contributed by atoms with Crippen molar-refractivity contribution in [2.24, 2.45) is 0 Å². The van der Waals surface area contributed by atoms with Crippen molar-refractivity contribution in [2.75, 3.05) is 25.0 Å². The number of carbonyl (C=O) groups is 1. The second-order valence-electron chi connectivity index (χ2n) is 7.37. The quantitative estimate of drug-likeness (QED) is 0.525. The molecule has 3 rings (SSSR count). The van der Waals surface area contributed by atoms with Gasteiger partial charge in [0, 0.05) is 43.4 Å². The Morgan fingerprint density at radius 2 is 1.88 bits per heavy atom. The molecule has 1 aromatic carbocycles. The van der Waals surface area contributed by atoms with E-state index >= 15 is 4.39 Å². The Hall–Kier alpha value is -2.14. The highest BCUT2D eigenvalue weighted by Crippen LogP contribution is 2.40. The number of nitrogens with zero attached hydrogens (tertiary/aromatic N) is 2. The van der Waals surface area contributed by atoms with E-state index in [-0.39, 0.29) is 47.9 Å². The van der Waals surface area contributed by atoms with Gasteiger partial charge in [0.25, 0.3) is 0 Å². The first-order chi connectivity index (χ1) is 14.9. The third-order valence-electron chi connectivity index (χ3n) is 5.21. The van der Waals surface area contributed by atoms with Gasteiger partial charge in [0.2, 0.25) is 0 Å². The summed E-state index contributed by atoms with van der Waals surface area (Å²) in [5.41, 5.74) is -2.90. The number of rotatable bonds is 4. The smallest absolute Gasteiger partial charge is 0.393 e. The summed E-state index contributed by atoms with van der Waals surface area (Å²) < 4.78 is 54.5. The van der Waals surface area contributed by atoms with Crippen LogP contribution in [0.15, 0.2) is 30.5 Å². The third kappa shape index (κ3) is 5.25. The average molecular weight is 496 g/mol. The number of aliphatic hydroxyl groups is 2. The summed E-state index contributed by atoms with van der Waals surface area (Å²) >= 11 is 11.7. The van der Waals surface area contributed by atoms with Crippen LogP contribution in [0.2, 0.25) is 10.0 Å². The maximum Gasteiger partial charge on any atom is 0.417 e. The fourth-order valence-electron chi connectivity index (χ4n) is 3.39. The Balaban J connectivity index is 1.67. The molecule has 0 unspecified atom stereocenters. The van der Waals surface area contributed by atoms with E-state index in [0.717, 1.165) is 12.1 Å². The standard InChI is InChI=1S/C20H19Cl2F4N3O3/c21-14-2-1-12(8-13(14)20(24,25)26)28-18(32)29-5-3-19(23,4-6-29)17-15(22)7-11(9-27-17)16(31)10-30/h1-2,7-9,16,30-31H,3-6,10H2,(H,28,32)/t16-/m1/s1. The molecule has 0 aliphatic carbocycles. The van der Waals surface area contributed by atoms with E-state index in [2.05, 4.69) is 10.3 Å². The zero-order valence-corrected chi connectivity index (χ0v) is 18.0. The van der Waals surface area contributed by atoms with Crippen molar-refractivity contribution >= 4 is 34.9 Å². The van der Waals surface area contributed by atoms with Crippen molar-refractivity contribution < 1.29 is 32.6 Å². The van der Waals surface area contributed by atoms with E-state index in [0.29, 0.717) is 0 Å². The molecular weight excluding hydrogens is 477 g/mol. The number of carbonyl (C=O) groups excluding carboxylic acids is 1. The molecule has 1 fully saturated rings. The van der Waals surface area contributed by atoms with Crippen LogP contribution in [0.1, 0.15) is 35.8 Å². The topological polar surface area (TPSA) is 85.7 Å². The van der Waals surface area contributed by atoms with E-state index in [4.69, 9.17) is 28.3 Å². The third-order valence-corrected chi connectivity index (χ3v) is 5.83. The predicted octanol–water partition coefficient (Wildman–Crippen LogP) is 4.93. The fourth-order valence-corrected chi connectivity index (χ4v) is 3.96. The fraction of sp³-hybridized carbons (Fsp3) is 0.400. The van der Waals surface area contributed by atoms with Crippen LogP contribution in [-0.2, 0) is 11.8 Å². The van der Waals surface area contributed by atoms with E-state index in [1.165, 1.54) is 23.2 Å². The van der Waals surface area contributed by atoms with Crippen molar-refractivity contribution in [3.8, 4) is 0 Å². The van der Waals surface area contributed by atoms with Crippen molar-refractivity contribution in [1.82, 2.24) is 9.88 Å². The zero-order valence-electron chi connectivity index (χ0n) is 16.5. The molecule has 1 aliphatic rings. The summed E-state index contributed by atoms with van der Waals surface area (Å²) in [7, 11) is 0. The Morgan fingerprint density at radius 1 is 1.22 bits per heavy atom. The molecule has 32 heavy (non-hydrogen) atoms. The van der Waals surface area contributed by atoms with Crippen LogP contribution in [0.4, 0.5) is 28.0 Å². The van der Waals surface area contributed by atoms with Crippen LogP contribution in [0.3, 0.4) is 0 Å². The molecule has 6 nitrogen and oxygen atoms in total. The lowest BCUT2D eigenvalue weighted by Crippen LogP contribution is -2.45. The highest BCUT2D eigenvalue weighted by molar-refractivity contribution is 6.31. The van der Waals surface area contributed by atoms with E-state index in [9.17, 15) is 23.1 Å². The number of benzene rings is 1. The molecule has 0 spiro atoms. The Labute approximate surface area is 190 Å². The maximum absolute atomic E-state index is 15.5. The molecule has 3 N–H and O–H groups in total. The molecule has 0 radical (unpaired) electrons. The summed E-state index contributed by atoms with van der Waals surface area (Å²) in [6, 6.07) is 3.65. The number of pyridine rings is 1. The monoisotopic (exact) mass is 495 g/mol. The van der Waals surface area contributed by atoms with Gasteiger partial charge in [0.05, 0.1) is 27.9 Å². The van der Waals surface area contributed by atoms with Crippen molar-refractivity contribution in [3.05, 3.63) is 57.3 Å². The maximum atomic E-state index is 15.5. The Bertz CT molecular complexity index is 999. The number of halogens is 6. The van der Waals surface area contributed by atoms with Gasteiger partial charge in [0.15, 0.2) is 5.67 Å². The number of urea groups is 1. The van der Waals surface area contributed by atoms with Crippen LogP contribution in [0, 0.1) is 0 Å². The van der Waals surface area contributed by atoms with E-state index < -0.39 is 41.2 Å². The van der Waals surface area contributed by atoms with Gasteiger partial charge in [-0.05, 0) is 24.3 Å². The van der Waals surface area contributed by atoms with Crippen molar-refractivity contribution in [3.63, 3.8) is 0 Å². The minimum atomic E-state index is -4.67. The molecule has 1 aliphatic heterocycles. The number of aromatic nitrogens is 1. The van der Waals surface area contributed by atoms with Crippen LogP contribution in [0.5, 0.6) is 0 Å². The van der Waals surface area contributed by atoms with Crippen molar-refractivity contribution in [1.29, 1.82) is 0 Å². The molecule has 2 aromatic rings. The normalized spacial score (nSPS) is 17.2. The number of amides is 2. The van der Waals surface area contributed by atoms with Gasteiger partial charge in [-0.25, -0.2) is 9.18 Å². The first-order valence-electron chi connectivity index (χ1n) is 9.51. The average Bonchev–Trinajstić information content (AvgIpc) is 2.73. The summed E-state index contributed by atoms with van der Waals surface area (Å²) in [5.74, 6) is 0. The number of hydrogen-bond acceptors (Lipinski definition) is 4. The molecule has 0 saturated carbocycles. The predicted molar refractivity (Wildman–Crippen MR) is 110 cm³/mol. The number of nitrogens with one attached hydrogen (secondary N) is 1. The molecule has 1 aromatic heterocycles. The summed E-state index contributed by atoms with van der Waals surface area (Å²) in [6.45, 7) is -0.595.